The number of carbonyl (C=O) groups excluding carboxylic acids is 2. The minimum absolute atomic E-state index is 0.0693. The second-order valence-electron chi connectivity index (χ2n) is 12.4. The Balaban J connectivity index is 0.000000887. The summed E-state index contributed by atoms with van der Waals surface area (Å²) in [7, 11) is 0. The van der Waals surface area contributed by atoms with Crippen molar-refractivity contribution >= 4 is 17.3 Å². The number of rotatable bonds is 1. The van der Waals surface area contributed by atoms with Gasteiger partial charge >= 0.3 is 0 Å². The van der Waals surface area contributed by atoms with Crippen molar-refractivity contribution in [3.8, 4) is 0 Å². The molecular formula is C33H59NO3. The minimum atomic E-state index is -0.882. The monoisotopic (exact) mass is 517 g/mol. The highest BCUT2D eigenvalue weighted by molar-refractivity contribution is 5.88. The second-order valence-corrected chi connectivity index (χ2v) is 12.4. The molecule has 0 amide bonds. The van der Waals surface area contributed by atoms with E-state index >= 15 is 0 Å². The van der Waals surface area contributed by atoms with Crippen LogP contribution in [-0.4, -0.2) is 28.5 Å². The molecule has 4 unspecified atom stereocenters. The number of nitrogens with zero attached hydrogens (tertiary/aromatic N) is 1. The predicted molar refractivity (Wildman–Crippen MR) is 160 cm³/mol. The maximum atomic E-state index is 12.9. The van der Waals surface area contributed by atoms with Gasteiger partial charge in [0.2, 0.25) is 0 Å². The molecule has 1 heterocycles. The van der Waals surface area contributed by atoms with Crippen LogP contribution in [0.15, 0.2) is 28.9 Å². The summed E-state index contributed by atoms with van der Waals surface area (Å²) in [6.45, 7) is 20.6. The molecule has 214 valence electrons. The maximum absolute atomic E-state index is 12.9. The zero-order valence-corrected chi connectivity index (χ0v) is 25.9. The van der Waals surface area contributed by atoms with Crippen LogP contribution in [0.2, 0.25) is 0 Å². The second kappa shape index (κ2) is 18.7. The van der Waals surface area contributed by atoms with Gasteiger partial charge in [0.25, 0.3) is 0 Å². The number of carbonyl (C=O) groups is 2. The van der Waals surface area contributed by atoms with Gasteiger partial charge < -0.3 is 5.11 Å². The van der Waals surface area contributed by atoms with Crippen LogP contribution in [0.4, 0.5) is 0 Å². The molecule has 2 aliphatic rings. The topological polar surface area (TPSA) is 66.7 Å². The van der Waals surface area contributed by atoms with Crippen molar-refractivity contribution in [2.45, 2.75) is 140 Å². The van der Waals surface area contributed by atoms with Crippen molar-refractivity contribution in [2.24, 2.45) is 34.1 Å². The Morgan fingerprint density at radius 1 is 1.00 bits per heavy atom. The average molecular weight is 518 g/mol. The van der Waals surface area contributed by atoms with E-state index in [1.54, 1.807) is 13.8 Å². The van der Waals surface area contributed by atoms with E-state index in [0.717, 1.165) is 31.4 Å². The maximum Gasteiger partial charge on any atom is 0.143 e. The van der Waals surface area contributed by atoms with Crippen molar-refractivity contribution in [1.82, 2.24) is 0 Å². The molecule has 0 aromatic heterocycles. The van der Waals surface area contributed by atoms with Crippen LogP contribution in [0.1, 0.15) is 133 Å². The zero-order valence-electron chi connectivity index (χ0n) is 25.9. The molecule has 4 nitrogen and oxygen atoms in total. The summed E-state index contributed by atoms with van der Waals surface area (Å²) in [4.78, 5) is 29.4. The molecule has 1 saturated carbocycles. The molecule has 0 aromatic rings. The molecule has 0 saturated heterocycles. The van der Waals surface area contributed by atoms with E-state index in [1.807, 2.05) is 32.9 Å². The molecule has 0 spiro atoms. The summed E-state index contributed by atoms with van der Waals surface area (Å²) < 4.78 is 0. The number of aliphatic hydroxyl groups excluding tert-OH is 1. The van der Waals surface area contributed by atoms with Gasteiger partial charge in [0.15, 0.2) is 0 Å². The van der Waals surface area contributed by atoms with Crippen LogP contribution in [0, 0.1) is 29.1 Å². The number of hydrogen-bond acceptors (Lipinski definition) is 4. The average Bonchev–Trinajstić information content (AvgIpc) is 3.22. The van der Waals surface area contributed by atoms with Gasteiger partial charge in [-0.25, -0.2) is 0 Å². The Morgan fingerprint density at radius 3 is 2.05 bits per heavy atom. The number of Topliss-reactive ketones (excluding diaryl/α,β-unsaturated/α-hetero) is 2. The first kappa shape index (κ1) is 35.5. The Kier molecular flexibility index (Phi) is 17.9. The fraction of sp³-hybridized carbons (Fsp3) is 0.788. The fourth-order valence-corrected chi connectivity index (χ4v) is 5.19. The summed E-state index contributed by atoms with van der Waals surface area (Å²) in [5, 5.41) is 10.5. The number of aliphatic hydroxyl groups is 1. The molecule has 1 aliphatic heterocycles. The molecular weight excluding hydrogens is 458 g/mol. The number of allylic oxidation sites excluding steroid dienone is 3. The first-order valence-corrected chi connectivity index (χ1v) is 14.9. The lowest BCUT2D eigenvalue weighted by atomic mass is 9.73. The number of aliphatic imine (C=N–C) groups is 1. The SMILES string of the molecule is C/C=C\C1=CCC(C)=N1.CC1CCCC(C)C[C@H](C)CCC(=O)CC(O)C(C)(C)C(=O)C(C)C1.CCC. The summed E-state index contributed by atoms with van der Waals surface area (Å²) in [5.41, 5.74) is 1.46. The quantitative estimate of drug-likeness (QED) is 0.377. The highest BCUT2D eigenvalue weighted by Gasteiger charge is 2.39. The predicted octanol–water partition coefficient (Wildman–Crippen LogP) is 8.92. The zero-order chi connectivity index (χ0) is 28.6. The van der Waals surface area contributed by atoms with E-state index in [2.05, 4.69) is 45.7 Å². The lowest BCUT2D eigenvalue weighted by Gasteiger charge is -2.32. The Bertz CT molecular complexity index is 762. The van der Waals surface area contributed by atoms with Gasteiger partial charge in [0, 0.05) is 36.3 Å². The van der Waals surface area contributed by atoms with Crippen LogP contribution in [0.25, 0.3) is 0 Å². The highest BCUT2D eigenvalue weighted by atomic mass is 16.3. The van der Waals surface area contributed by atoms with Crippen LogP contribution in [0.5, 0.6) is 0 Å². The van der Waals surface area contributed by atoms with Crippen LogP contribution >= 0.6 is 0 Å². The van der Waals surface area contributed by atoms with Crippen molar-refractivity contribution in [2.75, 3.05) is 0 Å². The van der Waals surface area contributed by atoms with E-state index in [-0.39, 0.29) is 23.9 Å². The van der Waals surface area contributed by atoms with Gasteiger partial charge in [0.1, 0.15) is 11.6 Å². The van der Waals surface area contributed by atoms with Crippen LogP contribution < -0.4 is 0 Å². The molecule has 1 fully saturated rings. The lowest BCUT2D eigenvalue weighted by Crippen LogP contribution is -2.41. The van der Waals surface area contributed by atoms with E-state index < -0.39 is 11.5 Å². The highest BCUT2D eigenvalue weighted by Crippen LogP contribution is 2.32. The van der Waals surface area contributed by atoms with E-state index in [4.69, 9.17) is 0 Å². The van der Waals surface area contributed by atoms with E-state index in [0.29, 0.717) is 24.2 Å². The third kappa shape index (κ3) is 14.8. The lowest BCUT2D eigenvalue weighted by molar-refractivity contribution is -0.139. The first-order chi connectivity index (χ1) is 17.3. The van der Waals surface area contributed by atoms with Crippen molar-refractivity contribution in [1.29, 1.82) is 0 Å². The normalized spacial score (nSPS) is 30.0. The van der Waals surface area contributed by atoms with Gasteiger partial charge in [-0.1, -0.05) is 93.2 Å². The van der Waals surface area contributed by atoms with Crippen LogP contribution in [-0.2, 0) is 9.59 Å². The summed E-state index contributed by atoms with van der Waals surface area (Å²) in [6.07, 6.45) is 14.7. The van der Waals surface area contributed by atoms with Crippen LogP contribution in [0.3, 0.4) is 0 Å². The molecule has 2 rings (SSSR count). The van der Waals surface area contributed by atoms with Gasteiger partial charge in [-0.3, -0.25) is 14.6 Å². The van der Waals surface area contributed by atoms with Gasteiger partial charge in [0.05, 0.1) is 11.8 Å². The molecule has 0 bridgehead atoms. The Labute approximate surface area is 229 Å². The number of ketones is 2. The van der Waals surface area contributed by atoms with Crippen molar-refractivity contribution in [3.63, 3.8) is 0 Å². The third-order valence-electron chi connectivity index (χ3n) is 7.47. The summed E-state index contributed by atoms with van der Waals surface area (Å²) >= 11 is 0. The Morgan fingerprint density at radius 2 is 1.54 bits per heavy atom. The van der Waals surface area contributed by atoms with E-state index in [1.165, 1.54) is 31.4 Å². The smallest absolute Gasteiger partial charge is 0.143 e. The van der Waals surface area contributed by atoms with Crippen molar-refractivity contribution in [3.05, 3.63) is 23.9 Å². The molecule has 4 heteroatoms. The van der Waals surface area contributed by atoms with Gasteiger partial charge in [-0.2, -0.15) is 0 Å². The molecule has 1 N–H and O–H groups in total. The van der Waals surface area contributed by atoms with E-state index in [9.17, 15) is 14.7 Å². The van der Waals surface area contributed by atoms with Gasteiger partial charge in [-0.15, -0.1) is 0 Å². The third-order valence-corrected chi connectivity index (χ3v) is 7.47. The molecule has 37 heavy (non-hydrogen) atoms. The number of hydrogen-bond donors (Lipinski definition) is 1. The van der Waals surface area contributed by atoms with Crippen molar-refractivity contribution < 1.29 is 14.7 Å². The minimum Gasteiger partial charge on any atom is -0.392 e. The summed E-state index contributed by atoms with van der Waals surface area (Å²) in [5.74, 6) is 1.85. The molecule has 1 aliphatic carbocycles. The molecule has 0 radical (unpaired) electrons. The molecule has 5 atom stereocenters. The largest absolute Gasteiger partial charge is 0.392 e. The first-order valence-electron chi connectivity index (χ1n) is 14.9. The summed E-state index contributed by atoms with van der Waals surface area (Å²) in [6, 6.07) is 0. The fourth-order valence-electron chi connectivity index (χ4n) is 5.19. The standard InChI is InChI=1S/C22H40O3.C8H11N.C3H8/c1-15-8-7-9-16(2)13-18(4)21(25)22(5,6)20(24)14-19(23)11-10-17(3)12-15;1-3-4-8-6-5-7(2)9-8;1-3-2/h15-18,20,24H,7-14H2,1-6H3;3-4,6H,5H2,1-2H3;3H2,1-2H3/b;4-3-;/t15?,16?,17-,18?,20?;;/m1../s1. The molecule has 0 aromatic carbocycles. The Hall–Kier alpha value is -1.55. The van der Waals surface area contributed by atoms with Gasteiger partial charge in [-0.05, 0) is 56.9 Å².